The van der Waals surface area contributed by atoms with Crippen LogP contribution < -0.4 is 0 Å². The van der Waals surface area contributed by atoms with E-state index in [1.165, 1.54) is 44.1 Å². The molecular formula is C31H48O2. The quantitative estimate of drug-likeness (QED) is 0.229. The van der Waals surface area contributed by atoms with E-state index >= 15 is 0 Å². The van der Waals surface area contributed by atoms with Gasteiger partial charge >= 0.3 is 5.97 Å². The first kappa shape index (κ1) is 24.8. The van der Waals surface area contributed by atoms with E-state index in [-0.39, 0.29) is 12.1 Å². The summed E-state index contributed by atoms with van der Waals surface area (Å²) in [7, 11) is 0. The minimum absolute atomic E-state index is 0.00132. The molecule has 0 amide bonds. The van der Waals surface area contributed by atoms with E-state index in [4.69, 9.17) is 4.74 Å². The Balaban J connectivity index is 1.48. The van der Waals surface area contributed by atoms with Crippen molar-refractivity contribution >= 4 is 5.97 Å². The fraction of sp³-hybridized carbons (Fsp3) is 0.774. The van der Waals surface area contributed by atoms with Gasteiger partial charge in [-0.1, -0.05) is 63.1 Å². The van der Waals surface area contributed by atoms with E-state index in [0.29, 0.717) is 23.2 Å². The van der Waals surface area contributed by atoms with Gasteiger partial charge in [0.25, 0.3) is 0 Å². The number of hydrogen-bond donors (Lipinski definition) is 0. The molecule has 3 saturated carbocycles. The van der Waals surface area contributed by atoms with Crippen LogP contribution in [0.15, 0.2) is 35.5 Å². The maximum atomic E-state index is 12.1. The van der Waals surface area contributed by atoms with E-state index < -0.39 is 0 Å². The van der Waals surface area contributed by atoms with Crippen molar-refractivity contribution in [3.8, 4) is 0 Å². The number of carbonyl (C=O) groups excluding carboxylic acids is 1. The lowest BCUT2D eigenvalue weighted by Gasteiger charge is -2.58. The largest absolute Gasteiger partial charge is 0.462 e. The molecule has 3 fully saturated rings. The van der Waals surface area contributed by atoms with E-state index in [0.717, 1.165) is 42.9 Å². The normalized spacial score (nSPS) is 40.9. The average molecular weight is 453 g/mol. The van der Waals surface area contributed by atoms with Gasteiger partial charge in [-0.05, 0) is 106 Å². The molecule has 0 radical (unpaired) electrons. The molecule has 0 saturated heterocycles. The monoisotopic (exact) mass is 452 g/mol. The zero-order valence-corrected chi connectivity index (χ0v) is 22.2. The van der Waals surface area contributed by atoms with Gasteiger partial charge in [0, 0.05) is 12.8 Å². The van der Waals surface area contributed by atoms with Crippen molar-refractivity contribution in [1.29, 1.82) is 0 Å². The predicted molar refractivity (Wildman–Crippen MR) is 138 cm³/mol. The van der Waals surface area contributed by atoms with Gasteiger partial charge in [0.1, 0.15) is 6.10 Å². The fourth-order valence-corrected chi connectivity index (χ4v) is 8.64. The number of hydrogen-bond acceptors (Lipinski definition) is 2. The minimum Gasteiger partial charge on any atom is -0.462 e. The van der Waals surface area contributed by atoms with Crippen molar-refractivity contribution in [2.45, 2.75) is 112 Å². The maximum absolute atomic E-state index is 12.1. The maximum Gasteiger partial charge on any atom is 0.306 e. The summed E-state index contributed by atoms with van der Waals surface area (Å²) >= 11 is 0. The summed E-state index contributed by atoms with van der Waals surface area (Å²) in [6.07, 6.45) is 21.2. The topological polar surface area (TPSA) is 26.3 Å². The third-order valence-corrected chi connectivity index (χ3v) is 10.4. The first-order valence-corrected chi connectivity index (χ1v) is 13.9. The number of carbonyl (C=O) groups is 1. The Morgan fingerprint density at radius 2 is 1.94 bits per heavy atom. The lowest BCUT2D eigenvalue weighted by atomic mass is 9.47. The second-order valence-electron chi connectivity index (χ2n) is 12.6. The zero-order valence-electron chi connectivity index (χ0n) is 22.2. The first-order chi connectivity index (χ1) is 15.7. The fourth-order valence-electron chi connectivity index (χ4n) is 8.64. The van der Waals surface area contributed by atoms with Gasteiger partial charge in [-0.3, -0.25) is 4.79 Å². The molecule has 4 rings (SSSR count). The predicted octanol–water partition coefficient (Wildman–Crippen LogP) is 8.44. The molecular weight excluding hydrogens is 404 g/mol. The van der Waals surface area contributed by atoms with Gasteiger partial charge in [0.05, 0.1) is 0 Å². The molecule has 2 heteroatoms. The number of allylic oxidation sites excluding steroid dienone is 5. The van der Waals surface area contributed by atoms with E-state index in [2.05, 4.69) is 58.9 Å². The second kappa shape index (κ2) is 9.74. The summed E-state index contributed by atoms with van der Waals surface area (Å²) in [6, 6.07) is 0. The van der Waals surface area contributed by atoms with Crippen molar-refractivity contribution in [2.24, 2.45) is 40.4 Å². The number of esters is 1. The van der Waals surface area contributed by atoms with Gasteiger partial charge < -0.3 is 4.74 Å². The summed E-state index contributed by atoms with van der Waals surface area (Å²) in [5.41, 5.74) is 3.80. The molecule has 0 bridgehead atoms. The summed E-state index contributed by atoms with van der Waals surface area (Å²) in [5, 5.41) is 0. The van der Waals surface area contributed by atoms with Crippen LogP contribution in [0.4, 0.5) is 0 Å². The molecule has 0 N–H and O–H groups in total. The molecule has 1 unspecified atom stereocenters. The Kier molecular flexibility index (Phi) is 7.32. The van der Waals surface area contributed by atoms with Crippen LogP contribution in [-0.2, 0) is 9.53 Å². The third kappa shape index (κ3) is 4.65. The van der Waals surface area contributed by atoms with Crippen molar-refractivity contribution in [3.63, 3.8) is 0 Å². The van der Waals surface area contributed by atoms with Crippen molar-refractivity contribution in [2.75, 3.05) is 0 Å². The van der Waals surface area contributed by atoms with E-state index in [1.54, 1.807) is 5.57 Å². The van der Waals surface area contributed by atoms with Crippen LogP contribution in [0.3, 0.4) is 0 Å². The standard InChI is InChI=1S/C31H48O2/c1-7-9-29(32)33-24-16-18-30(5)23(20-24)12-13-25-27-15-14-26(22(4)11-8-10-21(2)3)31(27,6)19-17-28(25)30/h8,10-12,22,24-28H,7,9,13-20H2,1-6H3/b11-8-/t22-,24-,25+,26-,27+,28?,30+,31-/m1/s1. The number of ether oxygens (including phenoxy) is 1. The van der Waals surface area contributed by atoms with Crippen molar-refractivity contribution in [1.82, 2.24) is 0 Å². The Morgan fingerprint density at radius 1 is 1.15 bits per heavy atom. The second-order valence-corrected chi connectivity index (χ2v) is 12.6. The first-order valence-electron chi connectivity index (χ1n) is 13.9. The van der Waals surface area contributed by atoms with Crippen LogP contribution in [0.25, 0.3) is 0 Å². The van der Waals surface area contributed by atoms with E-state index in [9.17, 15) is 4.79 Å². The summed E-state index contributed by atoms with van der Waals surface area (Å²) in [5.74, 6) is 4.01. The highest BCUT2D eigenvalue weighted by atomic mass is 16.5. The van der Waals surface area contributed by atoms with Gasteiger partial charge in [-0.15, -0.1) is 0 Å². The highest BCUT2D eigenvalue weighted by Crippen LogP contribution is 2.67. The average Bonchev–Trinajstić information content (AvgIpc) is 3.11. The molecule has 0 spiro atoms. The summed E-state index contributed by atoms with van der Waals surface area (Å²) in [4.78, 5) is 12.1. The van der Waals surface area contributed by atoms with Crippen molar-refractivity contribution < 1.29 is 9.53 Å². The Hall–Kier alpha value is -1.31. The molecule has 0 aliphatic heterocycles. The van der Waals surface area contributed by atoms with Crippen LogP contribution in [-0.4, -0.2) is 12.1 Å². The van der Waals surface area contributed by atoms with Gasteiger partial charge in [-0.2, -0.15) is 0 Å². The van der Waals surface area contributed by atoms with Gasteiger partial charge in [0.2, 0.25) is 0 Å². The van der Waals surface area contributed by atoms with Gasteiger partial charge in [0.15, 0.2) is 0 Å². The van der Waals surface area contributed by atoms with Crippen LogP contribution >= 0.6 is 0 Å². The third-order valence-electron chi connectivity index (χ3n) is 10.4. The van der Waals surface area contributed by atoms with Crippen LogP contribution in [0, 0.1) is 40.4 Å². The smallest absolute Gasteiger partial charge is 0.306 e. The Labute approximate surface area is 203 Å². The molecule has 4 aliphatic rings. The molecule has 0 heterocycles. The Bertz CT molecular complexity index is 815. The molecule has 4 aliphatic carbocycles. The molecule has 2 nitrogen and oxygen atoms in total. The molecule has 33 heavy (non-hydrogen) atoms. The van der Waals surface area contributed by atoms with E-state index in [1.807, 2.05) is 6.92 Å². The number of fused-ring (bicyclic) bond motifs is 5. The zero-order chi connectivity index (χ0) is 23.8. The van der Waals surface area contributed by atoms with Crippen LogP contribution in [0.5, 0.6) is 0 Å². The molecule has 0 aromatic carbocycles. The van der Waals surface area contributed by atoms with Crippen molar-refractivity contribution in [3.05, 3.63) is 35.5 Å². The lowest BCUT2D eigenvalue weighted by Crippen LogP contribution is -2.51. The van der Waals surface area contributed by atoms with Crippen LogP contribution in [0.2, 0.25) is 0 Å². The highest BCUT2D eigenvalue weighted by molar-refractivity contribution is 5.69. The molecule has 0 aromatic heterocycles. The lowest BCUT2D eigenvalue weighted by molar-refractivity contribution is -0.151. The molecule has 184 valence electrons. The summed E-state index contributed by atoms with van der Waals surface area (Å²) < 4.78 is 5.84. The molecule has 0 aromatic rings. The SMILES string of the molecule is CCCC(=O)O[C@@H]1CC[C@@]2(C)C(=CC[C@@H]3C2CC[C@]2(C)[C@@H]([C@H](C)/C=C\C=C(C)C)CC[C@@H]32)C1. The number of rotatable bonds is 6. The van der Waals surface area contributed by atoms with Gasteiger partial charge in [-0.25, -0.2) is 0 Å². The summed E-state index contributed by atoms with van der Waals surface area (Å²) in [6.45, 7) is 14.1. The Morgan fingerprint density at radius 3 is 2.67 bits per heavy atom. The molecule has 8 atom stereocenters. The highest BCUT2D eigenvalue weighted by Gasteiger charge is 2.59. The van der Waals surface area contributed by atoms with Crippen LogP contribution in [0.1, 0.15) is 106 Å². The minimum atomic E-state index is -0.00132.